The molecule has 1 saturated heterocycles. The van der Waals surface area contributed by atoms with Gasteiger partial charge in [-0.15, -0.1) is 0 Å². The zero-order valence-electron chi connectivity index (χ0n) is 11.5. The molecule has 0 bridgehead atoms. The lowest BCUT2D eigenvalue weighted by Crippen LogP contribution is -2.47. The van der Waals surface area contributed by atoms with Crippen molar-refractivity contribution in [1.29, 1.82) is 0 Å². The first-order valence-electron chi connectivity index (χ1n) is 6.98. The molecule has 1 aliphatic heterocycles. The van der Waals surface area contributed by atoms with E-state index in [1.807, 2.05) is 4.90 Å². The van der Waals surface area contributed by atoms with Crippen LogP contribution in [-0.4, -0.2) is 66.7 Å². The van der Waals surface area contributed by atoms with Gasteiger partial charge in [0.1, 0.15) is 0 Å². The van der Waals surface area contributed by atoms with E-state index >= 15 is 0 Å². The minimum atomic E-state index is 0.0506. The Morgan fingerprint density at radius 3 is 2.61 bits per heavy atom. The second kappa shape index (κ2) is 8.45. The Morgan fingerprint density at radius 2 is 2.06 bits per heavy atom. The number of rotatable bonds is 7. The number of aliphatic hydroxyl groups excluding tert-OH is 1. The summed E-state index contributed by atoms with van der Waals surface area (Å²) >= 11 is 0. The lowest BCUT2D eigenvalue weighted by atomic mass is 10.0. The van der Waals surface area contributed by atoms with Crippen molar-refractivity contribution in [3.63, 3.8) is 0 Å². The lowest BCUT2D eigenvalue weighted by molar-refractivity contribution is -0.135. The summed E-state index contributed by atoms with van der Waals surface area (Å²) < 4.78 is 0. The Balaban J connectivity index is 2.44. The van der Waals surface area contributed by atoms with E-state index in [0.29, 0.717) is 25.6 Å². The third-order valence-corrected chi connectivity index (χ3v) is 3.63. The minimum Gasteiger partial charge on any atom is -0.395 e. The van der Waals surface area contributed by atoms with Crippen LogP contribution in [0.25, 0.3) is 0 Å². The van der Waals surface area contributed by atoms with Crippen molar-refractivity contribution in [1.82, 2.24) is 9.80 Å². The van der Waals surface area contributed by atoms with Gasteiger partial charge in [0, 0.05) is 19.0 Å². The molecule has 0 aromatic heterocycles. The molecule has 0 aromatic carbocycles. The van der Waals surface area contributed by atoms with Crippen LogP contribution in [-0.2, 0) is 4.79 Å². The number of nitrogens with two attached hydrogens (primary N) is 1. The van der Waals surface area contributed by atoms with Gasteiger partial charge in [0.2, 0.25) is 5.91 Å². The average Bonchev–Trinajstić information content (AvgIpc) is 2.37. The number of carbonyl (C=O) groups is 1. The smallest absolute Gasteiger partial charge is 0.222 e. The van der Waals surface area contributed by atoms with Gasteiger partial charge in [-0.2, -0.15) is 0 Å². The van der Waals surface area contributed by atoms with E-state index in [2.05, 4.69) is 11.9 Å². The van der Waals surface area contributed by atoms with Crippen molar-refractivity contribution in [2.45, 2.75) is 38.1 Å². The molecular formula is C13H27N3O2. The fourth-order valence-corrected chi connectivity index (χ4v) is 2.49. The summed E-state index contributed by atoms with van der Waals surface area (Å²) in [5, 5.41) is 9.12. The summed E-state index contributed by atoms with van der Waals surface area (Å²) in [6.45, 7) is 3.22. The van der Waals surface area contributed by atoms with Gasteiger partial charge in [0.25, 0.3) is 0 Å². The highest BCUT2D eigenvalue weighted by molar-refractivity contribution is 5.76. The van der Waals surface area contributed by atoms with Crippen molar-refractivity contribution >= 4 is 5.91 Å². The van der Waals surface area contributed by atoms with Crippen LogP contribution in [0.5, 0.6) is 0 Å². The van der Waals surface area contributed by atoms with Gasteiger partial charge in [-0.1, -0.05) is 0 Å². The van der Waals surface area contributed by atoms with Crippen molar-refractivity contribution in [2.75, 3.05) is 39.8 Å². The molecule has 1 heterocycles. The molecule has 0 atom stereocenters. The van der Waals surface area contributed by atoms with E-state index in [1.54, 1.807) is 0 Å². The van der Waals surface area contributed by atoms with Gasteiger partial charge in [0.15, 0.2) is 0 Å². The van der Waals surface area contributed by atoms with Crippen LogP contribution < -0.4 is 5.73 Å². The molecule has 0 spiro atoms. The quantitative estimate of drug-likeness (QED) is 0.631. The van der Waals surface area contributed by atoms with E-state index < -0.39 is 0 Å². The van der Waals surface area contributed by atoms with E-state index in [-0.39, 0.29) is 12.5 Å². The van der Waals surface area contributed by atoms with Gasteiger partial charge < -0.3 is 20.6 Å². The second-order valence-corrected chi connectivity index (χ2v) is 5.09. The monoisotopic (exact) mass is 257 g/mol. The molecule has 18 heavy (non-hydrogen) atoms. The molecule has 106 valence electrons. The standard InChI is InChI=1S/C13H27N3O2/c1-15-8-5-12(6-9-15)16(10-11-17)13(18)4-2-3-7-14/h12,17H,2-11,14H2,1H3. The van der Waals surface area contributed by atoms with Gasteiger partial charge in [-0.25, -0.2) is 0 Å². The van der Waals surface area contributed by atoms with Gasteiger partial charge >= 0.3 is 0 Å². The molecule has 1 rings (SSSR count). The second-order valence-electron chi connectivity index (χ2n) is 5.09. The summed E-state index contributed by atoms with van der Waals surface area (Å²) in [5.74, 6) is 0.173. The Labute approximate surface area is 110 Å². The summed E-state index contributed by atoms with van der Waals surface area (Å²) in [6.07, 6.45) is 4.33. The number of aliphatic hydroxyl groups is 1. The van der Waals surface area contributed by atoms with E-state index in [1.165, 1.54) is 0 Å². The maximum Gasteiger partial charge on any atom is 0.222 e. The van der Waals surface area contributed by atoms with Crippen molar-refractivity contribution < 1.29 is 9.90 Å². The molecule has 1 fully saturated rings. The predicted molar refractivity (Wildman–Crippen MR) is 72.2 cm³/mol. The molecular weight excluding hydrogens is 230 g/mol. The molecule has 0 radical (unpaired) electrons. The van der Waals surface area contributed by atoms with Gasteiger partial charge in [0.05, 0.1) is 6.61 Å². The summed E-state index contributed by atoms with van der Waals surface area (Å²) in [6, 6.07) is 0.304. The van der Waals surface area contributed by atoms with Gasteiger partial charge in [-0.05, 0) is 52.4 Å². The lowest BCUT2D eigenvalue weighted by Gasteiger charge is -2.37. The third-order valence-electron chi connectivity index (χ3n) is 3.63. The number of amides is 1. The van der Waals surface area contributed by atoms with Crippen molar-refractivity contribution in [2.24, 2.45) is 5.73 Å². The van der Waals surface area contributed by atoms with Crippen molar-refractivity contribution in [3.8, 4) is 0 Å². The van der Waals surface area contributed by atoms with Crippen LogP contribution in [0, 0.1) is 0 Å². The van der Waals surface area contributed by atoms with Crippen LogP contribution in [0.1, 0.15) is 32.1 Å². The van der Waals surface area contributed by atoms with E-state index in [9.17, 15) is 4.79 Å². The number of carbonyl (C=O) groups excluding carboxylic acids is 1. The highest BCUT2D eigenvalue weighted by Gasteiger charge is 2.25. The number of hydrogen-bond donors (Lipinski definition) is 2. The molecule has 0 saturated carbocycles. The fourth-order valence-electron chi connectivity index (χ4n) is 2.49. The Hall–Kier alpha value is -0.650. The largest absolute Gasteiger partial charge is 0.395 e. The van der Waals surface area contributed by atoms with Crippen LogP contribution >= 0.6 is 0 Å². The highest BCUT2D eigenvalue weighted by Crippen LogP contribution is 2.17. The van der Waals surface area contributed by atoms with Crippen LogP contribution in [0.3, 0.4) is 0 Å². The van der Waals surface area contributed by atoms with Crippen LogP contribution in [0.4, 0.5) is 0 Å². The zero-order chi connectivity index (χ0) is 13.4. The van der Waals surface area contributed by atoms with Crippen molar-refractivity contribution in [3.05, 3.63) is 0 Å². The normalized spacial score (nSPS) is 17.9. The number of nitrogens with zero attached hydrogens (tertiary/aromatic N) is 2. The molecule has 0 unspecified atom stereocenters. The Bertz CT molecular complexity index is 240. The SMILES string of the molecule is CN1CCC(N(CCO)C(=O)CCCCN)CC1. The Kier molecular flexibility index (Phi) is 7.23. The Morgan fingerprint density at radius 1 is 1.39 bits per heavy atom. The summed E-state index contributed by atoms with van der Waals surface area (Å²) in [4.78, 5) is 16.3. The molecule has 0 aromatic rings. The maximum atomic E-state index is 12.1. The predicted octanol–water partition coefficient (Wildman–Crippen LogP) is 0.0305. The van der Waals surface area contributed by atoms with E-state index in [0.717, 1.165) is 38.8 Å². The number of piperidine rings is 1. The molecule has 1 aliphatic rings. The third kappa shape index (κ3) is 4.92. The topological polar surface area (TPSA) is 69.8 Å². The fraction of sp³-hybridized carbons (Fsp3) is 0.923. The minimum absolute atomic E-state index is 0.0506. The van der Waals surface area contributed by atoms with E-state index in [4.69, 9.17) is 10.8 Å². The molecule has 5 heteroatoms. The molecule has 1 amide bonds. The first-order chi connectivity index (χ1) is 8.69. The highest BCUT2D eigenvalue weighted by atomic mass is 16.3. The molecule has 3 N–H and O–H groups in total. The summed E-state index contributed by atoms with van der Waals surface area (Å²) in [5.41, 5.74) is 5.44. The average molecular weight is 257 g/mol. The number of unbranched alkanes of at least 4 members (excludes halogenated alkanes) is 1. The number of hydrogen-bond acceptors (Lipinski definition) is 4. The first-order valence-corrected chi connectivity index (χ1v) is 6.98. The zero-order valence-corrected chi connectivity index (χ0v) is 11.5. The van der Waals surface area contributed by atoms with Crippen LogP contribution in [0.2, 0.25) is 0 Å². The van der Waals surface area contributed by atoms with Gasteiger partial charge in [-0.3, -0.25) is 4.79 Å². The molecule has 5 nitrogen and oxygen atoms in total. The molecule has 0 aliphatic carbocycles. The van der Waals surface area contributed by atoms with Crippen LogP contribution in [0.15, 0.2) is 0 Å². The first kappa shape index (κ1) is 15.4. The number of likely N-dealkylation sites (tertiary alicyclic amines) is 1. The maximum absolute atomic E-state index is 12.1. The summed E-state index contributed by atoms with van der Waals surface area (Å²) in [7, 11) is 2.11.